The Kier molecular flexibility index (Phi) is 9.49. The molecule has 0 saturated heterocycles. The molecule has 0 aliphatic heterocycles. The van der Waals surface area contributed by atoms with Gasteiger partial charge in [-0.1, -0.05) is 67.1 Å². The fraction of sp³-hybridized carbons (Fsp3) is 0.250. The molecule has 0 aromatic heterocycles. The van der Waals surface area contributed by atoms with Crippen LogP contribution in [0.3, 0.4) is 0 Å². The Hall–Kier alpha value is -3.58. The van der Waals surface area contributed by atoms with E-state index < -0.39 is 12.1 Å². The monoisotopic (exact) mass is 490 g/mol. The molecule has 0 unspecified atom stereocenters. The van der Waals surface area contributed by atoms with Gasteiger partial charge in [-0.25, -0.2) is 4.79 Å². The third kappa shape index (κ3) is 8.00. The van der Waals surface area contributed by atoms with Crippen LogP contribution in [0.4, 0.5) is 5.69 Å². The molecule has 0 spiro atoms. The van der Waals surface area contributed by atoms with Crippen LogP contribution in [0.2, 0.25) is 0 Å². The molecular formula is C28H30N2O4S. The highest BCUT2D eigenvalue weighted by Crippen LogP contribution is 2.24. The van der Waals surface area contributed by atoms with Crippen LogP contribution in [0, 0.1) is 6.92 Å². The van der Waals surface area contributed by atoms with Gasteiger partial charge in [-0.2, -0.15) is 0 Å². The van der Waals surface area contributed by atoms with E-state index in [1.54, 1.807) is 31.2 Å². The maximum atomic E-state index is 12.8. The zero-order chi connectivity index (χ0) is 25.2. The van der Waals surface area contributed by atoms with Gasteiger partial charge < -0.3 is 15.4 Å². The number of esters is 1. The van der Waals surface area contributed by atoms with Gasteiger partial charge in [0.05, 0.1) is 11.3 Å². The summed E-state index contributed by atoms with van der Waals surface area (Å²) in [5.74, 6) is -0.880. The second-order valence-corrected chi connectivity index (χ2v) is 9.32. The number of hydrogen-bond donors (Lipinski definition) is 2. The Morgan fingerprint density at radius 2 is 1.54 bits per heavy atom. The minimum Gasteiger partial charge on any atom is -0.449 e. The van der Waals surface area contributed by atoms with E-state index in [0.29, 0.717) is 17.0 Å². The van der Waals surface area contributed by atoms with E-state index in [9.17, 15) is 14.4 Å². The SMILES string of the molecule is Cc1ccc(NC(=O)CSc2ccccc2C(=O)O[C@@H](C)C(=O)NC[C@@H](C)c2ccccc2)cc1. The molecule has 0 aliphatic carbocycles. The van der Waals surface area contributed by atoms with Crippen molar-refractivity contribution in [2.45, 2.75) is 37.7 Å². The molecule has 0 heterocycles. The fourth-order valence-corrected chi connectivity index (χ4v) is 4.15. The summed E-state index contributed by atoms with van der Waals surface area (Å²) < 4.78 is 5.43. The summed E-state index contributed by atoms with van der Waals surface area (Å²) >= 11 is 1.24. The molecule has 3 aromatic carbocycles. The first-order valence-electron chi connectivity index (χ1n) is 11.5. The predicted octanol–water partition coefficient (Wildman–Crippen LogP) is 5.19. The molecule has 0 radical (unpaired) electrons. The lowest BCUT2D eigenvalue weighted by atomic mass is 10.0. The normalized spacial score (nSPS) is 12.3. The second-order valence-electron chi connectivity index (χ2n) is 8.30. The summed E-state index contributed by atoms with van der Waals surface area (Å²) in [6, 6.07) is 24.3. The Balaban J connectivity index is 1.52. The van der Waals surface area contributed by atoms with Gasteiger partial charge in [0.2, 0.25) is 5.91 Å². The highest BCUT2D eigenvalue weighted by Gasteiger charge is 2.21. The number of hydrogen-bond acceptors (Lipinski definition) is 5. The predicted molar refractivity (Wildman–Crippen MR) is 140 cm³/mol. The summed E-state index contributed by atoms with van der Waals surface area (Å²) in [5, 5.41) is 5.69. The smallest absolute Gasteiger partial charge is 0.340 e. The van der Waals surface area contributed by atoms with Crippen molar-refractivity contribution >= 4 is 35.2 Å². The molecule has 182 valence electrons. The Morgan fingerprint density at radius 1 is 0.886 bits per heavy atom. The molecule has 0 saturated carbocycles. The maximum Gasteiger partial charge on any atom is 0.340 e. The van der Waals surface area contributed by atoms with Crippen molar-refractivity contribution in [2.24, 2.45) is 0 Å². The van der Waals surface area contributed by atoms with Crippen LogP contribution in [-0.2, 0) is 14.3 Å². The summed E-state index contributed by atoms with van der Waals surface area (Å²) in [6.45, 7) is 5.99. The number of benzene rings is 3. The lowest BCUT2D eigenvalue weighted by Crippen LogP contribution is -2.37. The molecule has 7 heteroatoms. The average Bonchev–Trinajstić information content (AvgIpc) is 2.87. The van der Waals surface area contributed by atoms with Crippen LogP contribution in [0.5, 0.6) is 0 Å². The molecule has 0 bridgehead atoms. The Morgan fingerprint density at radius 3 is 2.26 bits per heavy atom. The van der Waals surface area contributed by atoms with Crippen molar-refractivity contribution in [1.29, 1.82) is 0 Å². The van der Waals surface area contributed by atoms with Crippen LogP contribution in [0.1, 0.15) is 41.3 Å². The second kappa shape index (κ2) is 12.8. The Labute approximate surface area is 210 Å². The Bertz CT molecular complexity index is 1150. The number of nitrogens with one attached hydrogen (secondary N) is 2. The molecule has 35 heavy (non-hydrogen) atoms. The van der Waals surface area contributed by atoms with E-state index in [2.05, 4.69) is 10.6 Å². The number of amides is 2. The number of rotatable bonds is 10. The fourth-order valence-electron chi connectivity index (χ4n) is 3.31. The first kappa shape index (κ1) is 26.0. The molecule has 3 aromatic rings. The minimum atomic E-state index is -0.951. The molecule has 3 rings (SSSR count). The molecule has 2 atom stereocenters. The van der Waals surface area contributed by atoms with E-state index in [-0.39, 0.29) is 23.5 Å². The summed E-state index contributed by atoms with van der Waals surface area (Å²) in [5.41, 5.74) is 3.27. The molecule has 2 N–H and O–H groups in total. The zero-order valence-corrected chi connectivity index (χ0v) is 20.9. The summed E-state index contributed by atoms with van der Waals surface area (Å²) in [4.78, 5) is 38.2. The topological polar surface area (TPSA) is 84.5 Å². The van der Waals surface area contributed by atoms with Gasteiger partial charge in [0.15, 0.2) is 6.10 Å². The lowest BCUT2D eigenvalue weighted by Gasteiger charge is -2.17. The van der Waals surface area contributed by atoms with E-state index in [1.165, 1.54) is 11.8 Å². The van der Waals surface area contributed by atoms with Gasteiger partial charge in [-0.3, -0.25) is 9.59 Å². The van der Waals surface area contributed by atoms with Gasteiger partial charge in [0.25, 0.3) is 5.91 Å². The average molecular weight is 491 g/mol. The molecule has 0 fully saturated rings. The minimum absolute atomic E-state index is 0.131. The molecule has 0 aliphatic rings. The van der Waals surface area contributed by atoms with E-state index in [1.807, 2.05) is 68.4 Å². The maximum absolute atomic E-state index is 12.8. The van der Waals surface area contributed by atoms with Crippen LogP contribution in [0.25, 0.3) is 0 Å². The van der Waals surface area contributed by atoms with Gasteiger partial charge in [-0.15, -0.1) is 11.8 Å². The lowest BCUT2D eigenvalue weighted by molar-refractivity contribution is -0.129. The van der Waals surface area contributed by atoms with Crippen molar-refractivity contribution in [2.75, 3.05) is 17.6 Å². The van der Waals surface area contributed by atoms with Crippen molar-refractivity contribution in [1.82, 2.24) is 5.32 Å². The third-order valence-electron chi connectivity index (χ3n) is 5.41. The van der Waals surface area contributed by atoms with E-state index in [0.717, 1.165) is 16.8 Å². The molecule has 6 nitrogen and oxygen atoms in total. The van der Waals surface area contributed by atoms with Crippen molar-refractivity contribution in [3.8, 4) is 0 Å². The van der Waals surface area contributed by atoms with Crippen LogP contribution >= 0.6 is 11.8 Å². The van der Waals surface area contributed by atoms with E-state index in [4.69, 9.17) is 4.74 Å². The van der Waals surface area contributed by atoms with Gasteiger partial charge >= 0.3 is 5.97 Å². The zero-order valence-electron chi connectivity index (χ0n) is 20.1. The molecule has 2 amide bonds. The van der Waals surface area contributed by atoms with Gasteiger partial charge in [-0.05, 0) is 49.6 Å². The number of carbonyl (C=O) groups is 3. The van der Waals surface area contributed by atoms with Gasteiger partial charge in [0.1, 0.15) is 0 Å². The third-order valence-corrected chi connectivity index (χ3v) is 6.48. The highest BCUT2D eigenvalue weighted by atomic mass is 32.2. The van der Waals surface area contributed by atoms with E-state index >= 15 is 0 Å². The summed E-state index contributed by atoms with van der Waals surface area (Å²) in [7, 11) is 0. The van der Waals surface area contributed by atoms with Gasteiger partial charge in [0, 0.05) is 17.1 Å². The van der Waals surface area contributed by atoms with Crippen molar-refractivity contribution < 1.29 is 19.1 Å². The quantitative estimate of drug-likeness (QED) is 0.302. The number of carbonyl (C=O) groups excluding carboxylic acids is 3. The highest BCUT2D eigenvalue weighted by molar-refractivity contribution is 8.00. The summed E-state index contributed by atoms with van der Waals surface area (Å²) in [6.07, 6.45) is -0.951. The first-order chi connectivity index (χ1) is 16.8. The van der Waals surface area contributed by atoms with Crippen molar-refractivity contribution in [3.63, 3.8) is 0 Å². The number of aryl methyl sites for hydroxylation is 1. The number of anilines is 1. The van der Waals surface area contributed by atoms with Crippen LogP contribution in [0.15, 0.2) is 83.8 Å². The largest absolute Gasteiger partial charge is 0.449 e. The first-order valence-corrected chi connectivity index (χ1v) is 12.4. The van der Waals surface area contributed by atoms with Crippen LogP contribution < -0.4 is 10.6 Å². The van der Waals surface area contributed by atoms with Crippen LogP contribution in [-0.4, -0.2) is 36.2 Å². The number of ether oxygens (including phenoxy) is 1. The molecular weight excluding hydrogens is 460 g/mol. The standard InChI is InChI=1S/C28H30N2O4S/c1-19-13-15-23(16-14-19)30-26(31)18-35-25-12-8-7-11-24(25)28(33)34-21(3)27(32)29-17-20(2)22-9-5-4-6-10-22/h4-16,20-21H,17-18H2,1-3H3,(H,29,32)(H,30,31)/t20-,21+/m1/s1. The van der Waals surface area contributed by atoms with Crippen molar-refractivity contribution in [3.05, 3.63) is 95.6 Å². The number of thioether (sulfide) groups is 1.